The second-order valence-corrected chi connectivity index (χ2v) is 6.00. The molecular weight excluding hydrogens is 232 g/mol. The fourth-order valence-electron chi connectivity index (χ4n) is 2.75. The fraction of sp³-hybridized carbons (Fsp3) is 0.692. The standard InChI is InChI=1S/C13H20N2OS/c14-9-13(4-5-16-10-13)15(12-1-2-12)7-11-3-6-17-8-11/h3,6,8,12H,1-2,4-5,7,9-10,14H2. The van der Waals surface area contributed by atoms with Crippen molar-refractivity contribution in [3.8, 4) is 0 Å². The van der Waals surface area contributed by atoms with Gasteiger partial charge in [-0.05, 0) is 41.7 Å². The van der Waals surface area contributed by atoms with Crippen LogP contribution in [-0.4, -0.2) is 36.2 Å². The van der Waals surface area contributed by atoms with Gasteiger partial charge in [0.05, 0.1) is 12.1 Å². The minimum absolute atomic E-state index is 0.100. The molecule has 1 saturated heterocycles. The molecule has 2 N–H and O–H groups in total. The third-order valence-corrected chi connectivity index (χ3v) is 4.72. The molecule has 1 aromatic heterocycles. The number of nitrogens with zero attached hydrogens (tertiary/aromatic N) is 1. The van der Waals surface area contributed by atoms with Gasteiger partial charge in [0.2, 0.25) is 0 Å². The van der Waals surface area contributed by atoms with Crippen LogP contribution in [0.1, 0.15) is 24.8 Å². The first-order valence-corrected chi connectivity index (χ1v) is 7.34. The van der Waals surface area contributed by atoms with E-state index in [1.165, 1.54) is 18.4 Å². The van der Waals surface area contributed by atoms with Crippen molar-refractivity contribution in [1.29, 1.82) is 0 Å². The quantitative estimate of drug-likeness (QED) is 0.869. The van der Waals surface area contributed by atoms with E-state index < -0.39 is 0 Å². The van der Waals surface area contributed by atoms with Crippen LogP contribution >= 0.6 is 11.3 Å². The highest BCUT2D eigenvalue weighted by atomic mass is 32.1. The summed E-state index contributed by atoms with van der Waals surface area (Å²) < 4.78 is 5.61. The van der Waals surface area contributed by atoms with Crippen molar-refractivity contribution in [2.24, 2.45) is 5.73 Å². The monoisotopic (exact) mass is 252 g/mol. The van der Waals surface area contributed by atoms with Crippen LogP contribution in [0.15, 0.2) is 16.8 Å². The van der Waals surface area contributed by atoms with Crippen molar-refractivity contribution in [3.63, 3.8) is 0 Å². The second-order valence-electron chi connectivity index (χ2n) is 5.22. The van der Waals surface area contributed by atoms with E-state index in [0.717, 1.165) is 32.2 Å². The van der Waals surface area contributed by atoms with Crippen molar-refractivity contribution in [3.05, 3.63) is 22.4 Å². The van der Waals surface area contributed by atoms with Gasteiger partial charge in [-0.2, -0.15) is 11.3 Å². The summed E-state index contributed by atoms with van der Waals surface area (Å²) in [6.07, 6.45) is 3.74. The minimum atomic E-state index is 0.100. The summed E-state index contributed by atoms with van der Waals surface area (Å²) in [5, 5.41) is 4.40. The first kappa shape index (κ1) is 11.7. The van der Waals surface area contributed by atoms with Crippen LogP contribution in [0.4, 0.5) is 0 Å². The zero-order valence-corrected chi connectivity index (χ0v) is 10.9. The normalized spacial score (nSPS) is 29.1. The lowest BCUT2D eigenvalue weighted by atomic mass is 9.95. The van der Waals surface area contributed by atoms with Crippen LogP contribution < -0.4 is 5.73 Å². The maximum absolute atomic E-state index is 6.05. The van der Waals surface area contributed by atoms with Crippen LogP contribution in [0.25, 0.3) is 0 Å². The molecule has 94 valence electrons. The minimum Gasteiger partial charge on any atom is -0.379 e. The van der Waals surface area contributed by atoms with Crippen molar-refractivity contribution < 1.29 is 4.74 Å². The van der Waals surface area contributed by atoms with Crippen LogP contribution in [0, 0.1) is 0 Å². The van der Waals surface area contributed by atoms with Gasteiger partial charge in [-0.25, -0.2) is 0 Å². The molecule has 0 bridgehead atoms. The van der Waals surface area contributed by atoms with Crippen LogP contribution in [0.3, 0.4) is 0 Å². The smallest absolute Gasteiger partial charge is 0.0663 e. The Hall–Kier alpha value is -0.420. The molecule has 2 aliphatic rings. The van der Waals surface area contributed by atoms with E-state index in [2.05, 4.69) is 21.7 Å². The molecular formula is C13H20N2OS. The van der Waals surface area contributed by atoms with Crippen molar-refractivity contribution in [1.82, 2.24) is 4.90 Å². The Morgan fingerprint density at radius 3 is 2.94 bits per heavy atom. The maximum atomic E-state index is 6.05. The zero-order chi connectivity index (χ0) is 11.7. The summed E-state index contributed by atoms with van der Waals surface area (Å²) in [5.41, 5.74) is 7.56. The predicted molar refractivity (Wildman–Crippen MR) is 70.1 cm³/mol. The highest BCUT2D eigenvalue weighted by Gasteiger charge is 2.45. The summed E-state index contributed by atoms with van der Waals surface area (Å²) in [6.45, 7) is 3.43. The predicted octanol–water partition coefficient (Wildman–Crippen LogP) is 1.83. The van der Waals surface area contributed by atoms with Gasteiger partial charge < -0.3 is 10.5 Å². The van der Waals surface area contributed by atoms with Gasteiger partial charge >= 0.3 is 0 Å². The molecule has 17 heavy (non-hydrogen) atoms. The summed E-state index contributed by atoms with van der Waals surface area (Å²) in [5.74, 6) is 0. The van der Waals surface area contributed by atoms with Gasteiger partial charge in [-0.3, -0.25) is 4.90 Å². The maximum Gasteiger partial charge on any atom is 0.0663 e. The summed E-state index contributed by atoms with van der Waals surface area (Å²) in [7, 11) is 0. The largest absolute Gasteiger partial charge is 0.379 e. The van der Waals surface area contributed by atoms with E-state index >= 15 is 0 Å². The molecule has 2 fully saturated rings. The van der Waals surface area contributed by atoms with Gasteiger partial charge in [0, 0.05) is 25.7 Å². The highest BCUT2D eigenvalue weighted by molar-refractivity contribution is 7.07. The third kappa shape index (κ3) is 2.27. The summed E-state index contributed by atoms with van der Waals surface area (Å²) >= 11 is 1.77. The van der Waals surface area contributed by atoms with Crippen LogP contribution in [0.2, 0.25) is 0 Å². The van der Waals surface area contributed by atoms with E-state index in [1.54, 1.807) is 11.3 Å². The molecule has 4 heteroatoms. The molecule has 3 rings (SSSR count). The molecule has 0 aromatic carbocycles. The molecule has 1 atom stereocenters. The zero-order valence-electron chi connectivity index (χ0n) is 10.1. The number of rotatable bonds is 5. The second kappa shape index (κ2) is 4.69. The van der Waals surface area contributed by atoms with Crippen molar-refractivity contribution in [2.45, 2.75) is 37.4 Å². The lowest BCUT2D eigenvalue weighted by Crippen LogP contribution is -2.55. The summed E-state index contributed by atoms with van der Waals surface area (Å²) in [6, 6.07) is 2.96. The number of hydrogen-bond acceptors (Lipinski definition) is 4. The molecule has 2 heterocycles. The van der Waals surface area contributed by atoms with Gasteiger partial charge in [0.15, 0.2) is 0 Å². The van der Waals surface area contributed by atoms with Crippen LogP contribution in [0.5, 0.6) is 0 Å². The Kier molecular flexibility index (Phi) is 3.21. The van der Waals surface area contributed by atoms with E-state index in [1.807, 2.05) is 0 Å². The molecule has 0 spiro atoms. The average molecular weight is 252 g/mol. The lowest BCUT2D eigenvalue weighted by molar-refractivity contribution is 0.0582. The number of ether oxygens (including phenoxy) is 1. The topological polar surface area (TPSA) is 38.5 Å². The summed E-state index contributed by atoms with van der Waals surface area (Å²) in [4.78, 5) is 2.61. The Labute approximate surface area is 107 Å². The Balaban J connectivity index is 1.79. The first-order chi connectivity index (χ1) is 8.34. The molecule has 1 saturated carbocycles. The van der Waals surface area contributed by atoms with Gasteiger partial charge in [0.25, 0.3) is 0 Å². The van der Waals surface area contributed by atoms with Gasteiger partial charge in [0.1, 0.15) is 0 Å². The molecule has 0 radical (unpaired) electrons. The molecule has 1 unspecified atom stereocenters. The van der Waals surface area contributed by atoms with Crippen molar-refractivity contribution in [2.75, 3.05) is 19.8 Å². The molecule has 0 amide bonds. The van der Waals surface area contributed by atoms with E-state index in [0.29, 0.717) is 6.54 Å². The van der Waals surface area contributed by atoms with E-state index in [4.69, 9.17) is 10.5 Å². The third-order valence-electron chi connectivity index (χ3n) is 3.99. The Bertz CT molecular complexity index is 356. The highest BCUT2D eigenvalue weighted by Crippen LogP contribution is 2.38. The number of nitrogens with two attached hydrogens (primary N) is 1. The van der Waals surface area contributed by atoms with E-state index in [-0.39, 0.29) is 5.54 Å². The molecule has 1 aromatic rings. The van der Waals surface area contributed by atoms with Crippen LogP contribution in [-0.2, 0) is 11.3 Å². The van der Waals surface area contributed by atoms with Gasteiger partial charge in [-0.15, -0.1) is 0 Å². The number of hydrogen-bond donors (Lipinski definition) is 1. The Morgan fingerprint density at radius 1 is 1.53 bits per heavy atom. The molecule has 1 aliphatic heterocycles. The Morgan fingerprint density at radius 2 is 2.41 bits per heavy atom. The van der Waals surface area contributed by atoms with E-state index in [9.17, 15) is 0 Å². The molecule has 3 nitrogen and oxygen atoms in total. The number of thiophene rings is 1. The molecule has 1 aliphatic carbocycles. The van der Waals surface area contributed by atoms with Gasteiger partial charge in [-0.1, -0.05) is 0 Å². The lowest BCUT2D eigenvalue weighted by Gasteiger charge is -2.39. The SMILES string of the molecule is NCC1(N(Cc2ccsc2)C2CC2)CCOC1. The first-order valence-electron chi connectivity index (χ1n) is 6.40. The van der Waals surface area contributed by atoms with Crippen molar-refractivity contribution >= 4 is 11.3 Å². The average Bonchev–Trinajstić information content (AvgIpc) is 2.88. The fourth-order valence-corrected chi connectivity index (χ4v) is 3.41.